The van der Waals surface area contributed by atoms with E-state index in [-0.39, 0.29) is 18.2 Å². The number of benzene rings is 2. The third-order valence-electron chi connectivity index (χ3n) is 4.27. The molecule has 0 aliphatic carbocycles. The van der Waals surface area contributed by atoms with Crippen LogP contribution in [0.5, 0.6) is 0 Å². The molecular weight excluding hydrogens is 312 g/mol. The molecule has 2 rings (SSSR count). The number of rotatable bonds is 5. The zero-order chi connectivity index (χ0) is 18.6. The topological polar surface area (TPSA) is 49.4 Å². The molecule has 0 unspecified atom stereocenters. The minimum atomic E-state index is -0.0945. The SMILES string of the molecule is CC(=O)N(CCC(=O)Nc1ccccc1C)c1c(C)cc(C)cc1C. The van der Waals surface area contributed by atoms with Crippen molar-refractivity contribution >= 4 is 23.2 Å². The maximum Gasteiger partial charge on any atom is 0.226 e. The van der Waals surface area contributed by atoms with Gasteiger partial charge in [-0.2, -0.15) is 0 Å². The van der Waals surface area contributed by atoms with Gasteiger partial charge in [-0.05, 0) is 50.5 Å². The number of carbonyl (C=O) groups excluding carboxylic acids is 2. The van der Waals surface area contributed by atoms with Crippen molar-refractivity contribution in [1.29, 1.82) is 0 Å². The first kappa shape index (κ1) is 18.7. The lowest BCUT2D eigenvalue weighted by Crippen LogP contribution is -2.33. The molecule has 0 radical (unpaired) electrons. The van der Waals surface area contributed by atoms with Gasteiger partial charge in [0, 0.05) is 31.3 Å². The first-order chi connectivity index (χ1) is 11.8. The third-order valence-corrected chi connectivity index (χ3v) is 4.27. The van der Waals surface area contributed by atoms with Gasteiger partial charge < -0.3 is 10.2 Å². The molecule has 0 bridgehead atoms. The largest absolute Gasteiger partial charge is 0.326 e. The Labute approximate surface area is 149 Å². The highest BCUT2D eigenvalue weighted by Crippen LogP contribution is 2.27. The van der Waals surface area contributed by atoms with Crippen LogP contribution in [0.1, 0.15) is 35.6 Å². The predicted molar refractivity (Wildman–Crippen MR) is 103 cm³/mol. The Kier molecular flexibility index (Phi) is 5.97. The van der Waals surface area contributed by atoms with Gasteiger partial charge >= 0.3 is 0 Å². The highest BCUT2D eigenvalue weighted by Gasteiger charge is 2.18. The zero-order valence-electron chi connectivity index (χ0n) is 15.6. The van der Waals surface area contributed by atoms with Crippen LogP contribution in [-0.2, 0) is 9.59 Å². The number of carbonyl (C=O) groups is 2. The molecule has 2 aromatic rings. The Bertz CT molecular complexity index is 773. The van der Waals surface area contributed by atoms with Crippen LogP contribution in [0.2, 0.25) is 0 Å². The van der Waals surface area contributed by atoms with E-state index < -0.39 is 0 Å². The Hall–Kier alpha value is -2.62. The summed E-state index contributed by atoms with van der Waals surface area (Å²) < 4.78 is 0. The summed E-state index contributed by atoms with van der Waals surface area (Å²) >= 11 is 0. The first-order valence-electron chi connectivity index (χ1n) is 8.51. The van der Waals surface area contributed by atoms with E-state index in [9.17, 15) is 9.59 Å². The Balaban J connectivity index is 2.12. The highest BCUT2D eigenvalue weighted by molar-refractivity contribution is 5.96. The number of para-hydroxylation sites is 1. The van der Waals surface area contributed by atoms with E-state index >= 15 is 0 Å². The molecule has 0 aromatic heterocycles. The van der Waals surface area contributed by atoms with Gasteiger partial charge in [-0.15, -0.1) is 0 Å². The molecule has 4 heteroatoms. The Morgan fingerprint density at radius 1 is 0.960 bits per heavy atom. The van der Waals surface area contributed by atoms with Crippen molar-refractivity contribution < 1.29 is 9.59 Å². The molecule has 0 aliphatic rings. The number of hydrogen-bond donors (Lipinski definition) is 1. The van der Waals surface area contributed by atoms with Gasteiger partial charge in [-0.25, -0.2) is 0 Å². The minimum Gasteiger partial charge on any atom is -0.326 e. The lowest BCUT2D eigenvalue weighted by Gasteiger charge is -2.25. The molecule has 0 spiro atoms. The zero-order valence-corrected chi connectivity index (χ0v) is 15.6. The fraction of sp³-hybridized carbons (Fsp3) is 0.333. The van der Waals surface area contributed by atoms with E-state index in [0.717, 1.165) is 28.1 Å². The lowest BCUT2D eigenvalue weighted by atomic mass is 10.0. The van der Waals surface area contributed by atoms with Gasteiger partial charge in [-0.1, -0.05) is 35.9 Å². The maximum absolute atomic E-state index is 12.3. The molecule has 0 heterocycles. The van der Waals surface area contributed by atoms with Crippen LogP contribution < -0.4 is 10.2 Å². The predicted octanol–water partition coefficient (Wildman–Crippen LogP) is 4.30. The van der Waals surface area contributed by atoms with Gasteiger partial charge in [0.1, 0.15) is 0 Å². The maximum atomic E-state index is 12.3. The van der Waals surface area contributed by atoms with Crippen molar-refractivity contribution in [3.05, 3.63) is 58.7 Å². The van der Waals surface area contributed by atoms with Crippen molar-refractivity contribution in [3.8, 4) is 0 Å². The Morgan fingerprint density at radius 3 is 2.12 bits per heavy atom. The second-order valence-corrected chi connectivity index (χ2v) is 6.53. The number of nitrogens with zero attached hydrogens (tertiary/aromatic N) is 1. The van der Waals surface area contributed by atoms with Crippen LogP contribution >= 0.6 is 0 Å². The van der Waals surface area contributed by atoms with E-state index in [1.54, 1.807) is 4.90 Å². The van der Waals surface area contributed by atoms with Crippen molar-refractivity contribution in [2.24, 2.45) is 0 Å². The average molecular weight is 338 g/mol. The first-order valence-corrected chi connectivity index (χ1v) is 8.51. The molecule has 2 amide bonds. The van der Waals surface area contributed by atoms with Gasteiger partial charge in [0.2, 0.25) is 11.8 Å². The number of amides is 2. The lowest BCUT2D eigenvalue weighted by molar-refractivity contribution is -0.117. The van der Waals surface area contributed by atoms with Gasteiger partial charge in [0.05, 0.1) is 0 Å². The highest BCUT2D eigenvalue weighted by atomic mass is 16.2. The molecule has 132 valence electrons. The van der Waals surface area contributed by atoms with Crippen LogP contribution in [0.15, 0.2) is 36.4 Å². The molecule has 2 aromatic carbocycles. The molecule has 1 N–H and O–H groups in total. The standard InChI is InChI=1S/C21H26N2O2/c1-14-12-16(3)21(17(4)13-14)23(18(5)24)11-10-20(25)22-19-9-7-6-8-15(19)2/h6-9,12-13H,10-11H2,1-5H3,(H,22,25). The summed E-state index contributed by atoms with van der Waals surface area (Å²) in [5.41, 5.74) is 5.99. The van der Waals surface area contributed by atoms with Crippen molar-refractivity contribution in [2.75, 3.05) is 16.8 Å². The average Bonchev–Trinajstić information content (AvgIpc) is 2.51. The normalized spacial score (nSPS) is 10.4. The van der Waals surface area contributed by atoms with E-state index in [2.05, 4.69) is 17.4 Å². The van der Waals surface area contributed by atoms with Crippen molar-refractivity contribution in [1.82, 2.24) is 0 Å². The van der Waals surface area contributed by atoms with E-state index in [1.165, 1.54) is 12.5 Å². The molecule has 0 saturated carbocycles. The van der Waals surface area contributed by atoms with E-state index in [0.29, 0.717) is 6.54 Å². The smallest absolute Gasteiger partial charge is 0.226 e. The molecule has 25 heavy (non-hydrogen) atoms. The van der Waals surface area contributed by atoms with Gasteiger partial charge in [0.25, 0.3) is 0 Å². The monoisotopic (exact) mass is 338 g/mol. The number of anilines is 2. The molecule has 0 aliphatic heterocycles. The molecular formula is C21H26N2O2. The second-order valence-electron chi connectivity index (χ2n) is 6.53. The van der Waals surface area contributed by atoms with Crippen LogP contribution in [-0.4, -0.2) is 18.4 Å². The summed E-state index contributed by atoms with van der Waals surface area (Å²) in [4.78, 5) is 26.1. The van der Waals surface area contributed by atoms with Crippen molar-refractivity contribution in [3.63, 3.8) is 0 Å². The number of aryl methyl sites for hydroxylation is 4. The van der Waals surface area contributed by atoms with Crippen LogP contribution in [0.25, 0.3) is 0 Å². The molecule has 4 nitrogen and oxygen atoms in total. The summed E-state index contributed by atoms with van der Waals surface area (Å²) in [7, 11) is 0. The van der Waals surface area contributed by atoms with E-state index in [4.69, 9.17) is 0 Å². The van der Waals surface area contributed by atoms with E-state index in [1.807, 2.05) is 52.0 Å². The Morgan fingerprint density at radius 2 is 1.56 bits per heavy atom. The number of nitrogens with one attached hydrogen (secondary N) is 1. The van der Waals surface area contributed by atoms with Crippen LogP contribution in [0.3, 0.4) is 0 Å². The minimum absolute atomic E-state index is 0.0567. The van der Waals surface area contributed by atoms with Crippen LogP contribution in [0, 0.1) is 27.7 Å². The summed E-state index contributed by atoms with van der Waals surface area (Å²) in [6.45, 7) is 9.89. The molecule has 0 fully saturated rings. The second kappa shape index (κ2) is 7.97. The number of hydrogen-bond acceptors (Lipinski definition) is 2. The fourth-order valence-electron chi connectivity index (χ4n) is 3.16. The molecule has 0 saturated heterocycles. The summed E-state index contributed by atoms with van der Waals surface area (Å²) in [6.07, 6.45) is 0.251. The molecule has 0 atom stereocenters. The van der Waals surface area contributed by atoms with Crippen LogP contribution in [0.4, 0.5) is 11.4 Å². The van der Waals surface area contributed by atoms with Crippen molar-refractivity contribution in [2.45, 2.75) is 41.0 Å². The fourth-order valence-corrected chi connectivity index (χ4v) is 3.16. The summed E-state index contributed by atoms with van der Waals surface area (Å²) in [5.74, 6) is -0.151. The van der Waals surface area contributed by atoms with Gasteiger partial charge in [-0.3, -0.25) is 9.59 Å². The third kappa shape index (κ3) is 4.69. The summed E-state index contributed by atoms with van der Waals surface area (Å²) in [5, 5.41) is 2.92. The summed E-state index contributed by atoms with van der Waals surface area (Å²) in [6, 6.07) is 11.8. The quantitative estimate of drug-likeness (QED) is 0.883. The van der Waals surface area contributed by atoms with Gasteiger partial charge in [0.15, 0.2) is 0 Å².